The van der Waals surface area contributed by atoms with Crippen LogP contribution in [0, 0.1) is 13.8 Å². The Morgan fingerprint density at radius 2 is 1.91 bits per heavy atom. The molecule has 0 aliphatic carbocycles. The molecule has 1 fully saturated rings. The highest BCUT2D eigenvalue weighted by Gasteiger charge is 2.18. The number of benzene rings is 1. The number of hydrogen-bond acceptors (Lipinski definition) is 4. The van der Waals surface area contributed by atoms with Crippen molar-refractivity contribution in [2.75, 3.05) is 18.4 Å². The average Bonchev–Trinajstić information content (AvgIpc) is 2.97. The molecule has 2 heterocycles. The smallest absolute Gasteiger partial charge is 0.277 e. The van der Waals surface area contributed by atoms with Gasteiger partial charge in [-0.25, -0.2) is 4.68 Å². The Morgan fingerprint density at radius 3 is 2.59 bits per heavy atom. The second-order valence-electron chi connectivity index (χ2n) is 5.90. The van der Waals surface area contributed by atoms with Crippen LogP contribution in [0.15, 0.2) is 24.4 Å². The van der Waals surface area contributed by atoms with E-state index in [2.05, 4.69) is 27.0 Å². The summed E-state index contributed by atoms with van der Waals surface area (Å²) in [6.45, 7) is 5.98. The SMILES string of the molecule is Cc1cc(C)cc(NC(=O)c2cn(C3CCNCC3)nn2)c1. The summed E-state index contributed by atoms with van der Waals surface area (Å²) < 4.78 is 1.82. The molecule has 0 spiro atoms. The molecule has 3 rings (SSSR count). The van der Waals surface area contributed by atoms with Crippen LogP contribution >= 0.6 is 0 Å². The van der Waals surface area contributed by atoms with Gasteiger partial charge in [0.1, 0.15) is 0 Å². The maximum Gasteiger partial charge on any atom is 0.277 e. The fourth-order valence-corrected chi connectivity index (χ4v) is 2.87. The first-order valence-electron chi connectivity index (χ1n) is 7.64. The van der Waals surface area contributed by atoms with Crippen molar-refractivity contribution in [3.8, 4) is 0 Å². The largest absolute Gasteiger partial charge is 0.321 e. The summed E-state index contributed by atoms with van der Waals surface area (Å²) in [6.07, 6.45) is 3.77. The number of carbonyl (C=O) groups is 1. The number of carbonyl (C=O) groups excluding carboxylic acids is 1. The lowest BCUT2D eigenvalue weighted by molar-refractivity contribution is 0.102. The Hall–Kier alpha value is -2.21. The number of anilines is 1. The van der Waals surface area contributed by atoms with Crippen molar-refractivity contribution in [1.29, 1.82) is 0 Å². The molecule has 1 aromatic carbocycles. The van der Waals surface area contributed by atoms with Gasteiger partial charge >= 0.3 is 0 Å². The standard InChI is InChI=1S/C16H21N5O/c1-11-7-12(2)9-13(8-11)18-16(22)15-10-21(20-19-15)14-3-5-17-6-4-14/h7-10,14,17H,3-6H2,1-2H3,(H,18,22). The van der Waals surface area contributed by atoms with E-state index in [1.165, 1.54) is 0 Å². The van der Waals surface area contributed by atoms with Gasteiger partial charge in [0.05, 0.1) is 12.2 Å². The molecule has 0 atom stereocenters. The number of rotatable bonds is 3. The molecule has 6 heteroatoms. The molecule has 0 saturated carbocycles. The van der Waals surface area contributed by atoms with Crippen LogP contribution in [0.25, 0.3) is 0 Å². The maximum absolute atomic E-state index is 12.3. The van der Waals surface area contributed by atoms with Gasteiger partial charge in [-0.3, -0.25) is 4.79 Å². The summed E-state index contributed by atoms with van der Waals surface area (Å²) in [6, 6.07) is 6.30. The molecule has 0 unspecified atom stereocenters. The molecule has 2 N–H and O–H groups in total. The number of nitrogens with zero attached hydrogens (tertiary/aromatic N) is 3. The van der Waals surface area contributed by atoms with Gasteiger partial charge in [-0.15, -0.1) is 5.10 Å². The van der Waals surface area contributed by atoms with Crippen molar-refractivity contribution in [2.24, 2.45) is 0 Å². The molecule has 1 amide bonds. The normalized spacial score (nSPS) is 15.7. The van der Waals surface area contributed by atoms with Crippen molar-refractivity contribution in [1.82, 2.24) is 20.3 Å². The van der Waals surface area contributed by atoms with Gasteiger partial charge in [0.15, 0.2) is 5.69 Å². The summed E-state index contributed by atoms with van der Waals surface area (Å²) >= 11 is 0. The van der Waals surface area contributed by atoms with Crippen LogP contribution < -0.4 is 10.6 Å². The van der Waals surface area contributed by atoms with E-state index in [-0.39, 0.29) is 5.91 Å². The highest BCUT2D eigenvalue weighted by Crippen LogP contribution is 2.18. The molecular weight excluding hydrogens is 278 g/mol. The van der Waals surface area contributed by atoms with E-state index >= 15 is 0 Å². The van der Waals surface area contributed by atoms with Crippen LogP contribution in [0.5, 0.6) is 0 Å². The van der Waals surface area contributed by atoms with Crippen LogP contribution in [-0.4, -0.2) is 34.0 Å². The Morgan fingerprint density at radius 1 is 1.23 bits per heavy atom. The number of piperidine rings is 1. The zero-order valence-corrected chi connectivity index (χ0v) is 13.0. The molecule has 6 nitrogen and oxygen atoms in total. The lowest BCUT2D eigenvalue weighted by Gasteiger charge is -2.22. The average molecular weight is 299 g/mol. The van der Waals surface area contributed by atoms with Crippen molar-refractivity contribution in [3.63, 3.8) is 0 Å². The predicted molar refractivity (Wildman–Crippen MR) is 85.0 cm³/mol. The molecule has 116 valence electrons. The van der Waals surface area contributed by atoms with E-state index in [1.54, 1.807) is 6.20 Å². The van der Waals surface area contributed by atoms with E-state index in [0.29, 0.717) is 11.7 Å². The van der Waals surface area contributed by atoms with Crippen molar-refractivity contribution >= 4 is 11.6 Å². The zero-order valence-electron chi connectivity index (χ0n) is 13.0. The minimum absolute atomic E-state index is 0.217. The summed E-state index contributed by atoms with van der Waals surface area (Å²) in [5, 5.41) is 14.3. The van der Waals surface area contributed by atoms with Gasteiger partial charge in [0.2, 0.25) is 0 Å². The maximum atomic E-state index is 12.3. The topological polar surface area (TPSA) is 71.8 Å². The van der Waals surface area contributed by atoms with Crippen LogP contribution in [0.2, 0.25) is 0 Å². The summed E-state index contributed by atoms with van der Waals surface area (Å²) in [5.74, 6) is -0.217. The minimum atomic E-state index is -0.217. The van der Waals surface area contributed by atoms with Crippen LogP contribution in [-0.2, 0) is 0 Å². The third-order valence-electron chi connectivity index (χ3n) is 3.91. The highest BCUT2D eigenvalue weighted by atomic mass is 16.2. The van der Waals surface area contributed by atoms with Crippen LogP contribution in [0.3, 0.4) is 0 Å². The number of hydrogen-bond donors (Lipinski definition) is 2. The molecule has 1 aliphatic rings. The molecule has 22 heavy (non-hydrogen) atoms. The molecule has 0 bridgehead atoms. The van der Waals surface area contributed by atoms with Gasteiger partial charge in [-0.1, -0.05) is 11.3 Å². The fraction of sp³-hybridized carbons (Fsp3) is 0.438. The summed E-state index contributed by atoms with van der Waals surface area (Å²) in [7, 11) is 0. The lowest BCUT2D eigenvalue weighted by Crippen LogP contribution is -2.29. The molecule has 1 aliphatic heterocycles. The van der Waals surface area contributed by atoms with E-state index in [1.807, 2.05) is 30.7 Å². The third-order valence-corrected chi connectivity index (χ3v) is 3.91. The second kappa shape index (κ2) is 6.27. The van der Waals surface area contributed by atoms with Gasteiger partial charge in [0, 0.05) is 5.69 Å². The number of aromatic nitrogens is 3. The number of amides is 1. The first-order chi connectivity index (χ1) is 10.6. The fourth-order valence-electron chi connectivity index (χ4n) is 2.87. The van der Waals surface area contributed by atoms with E-state index in [9.17, 15) is 4.79 Å². The monoisotopic (exact) mass is 299 g/mol. The summed E-state index contributed by atoms with van der Waals surface area (Å²) in [5.41, 5.74) is 3.39. The van der Waals surface area contributed by atoms with Gasteiger partial charge in [0.25, 0.3) is 5.91 Å². The molecule has 1 saturated heterocycles. The molecule has 2 aromatic rings. The molecular formula is C16H21N5O. The van der Waals surface area contributed by atoms with Crippen molar-refractivity contribution in [2.45, 2.75) is 32.7 Å². The molecule has 1 aromatic heterocycles. The van der Waals surface area contributed by atoms with Gasteiger partial charge in [-0.05, 0) is 63.0 Å². The summed E-state index contributed by atoms with van der Waals surface area (Å²) in [4.78, 5) is 12.3. The van der Waals surface area contributed by atoms with Crippen LogP contribution in [0.1, 0.15) is 40.5 Å². The quantitative estimate of drug-likeness (QED) is 0.910. The first kappa shape index (κ1) is 14.7. The van der Waals surface area contributed by atoms with Crippen molar-refractivity contribution < 1.29 is 4.79 Å². The van der Waals surface area contributed by atoms with Crippen LogP contribution in [0.4, 0.5) is 5.69 Å². The van der Waals surface area contributed by atoms with E-state index in [0.717, 1.165) is 42.7 Å². The number of aryl methyl sites for hydroxylation is 2. The Balaban J connectivity index is 1.71. The van der Waals surface area contributed by atoms with Gasteiger partial charge in [-0.2, -0.15) is 0 Å². The Labute approximate surface area is 129 Å². The third kappa shape index (κ3) is 3.33. The number of nitrogens with one attached hydrogen (secondary N) is 2. The Bertz CT molecular complexity index is 653. The minimum Gasteiger partial charge on any atom is -0.321 e. The predicted octanol–water partition coefficient (Wildman–Crippen LogP) is 2.07. The van der Waals surface area contributed by atoms with Crippen molar-refractivity contribution in [3.05, 3.63) is 41.2 Å². The highest BCUT2D eigenvalue weighted by molar-refractivity contribution is 6.02. The van der Waals surface area contributed by atoms with E-state index in [4.69, 9.17) is 0 Å². The second-order valence-corrected chi connectivity index (χ2v) is 5.90. The first-order valence-corrected chi connectivity index (χ1v) is 7.64. The Kier molecular flexibility index (Phi) is 4.20. The lowest BCUT2D eigenvalue weighted by atomic mass is 10.1. The van der Waals surface area contributed by atoms with E-state index < -0.39 is 0 Å². The zero-order chi connectivity index (χ0) is 15.5. The van der Waals surface area contributed by atoms with Gasteiger partial charge < -0.3 is 10.6 Å². The molecule has 0 radical (unpaired) electrons.